The van der Waals surface area contributed by atoms with E-state index < -0.39 is 6.10 Å². The van der Waals surface area contributed by atoms with Crippen LogP contribution in [0.1, 0.15) is 12.0 Å². The summed E-state index contributed by atoms with van der Waals surface area (Å²) in [6, 6.07) is 9.62. The molecule has 0 saturated carbocycles. The Labute approximate surface area is 118 Å². The van der Waals surface area contributed by atoms with Gasteiger partial charge in [-0.2, -0.15) is 0 Å². The summed E-state index contributed by atoms with van der Waals surface area (Å²) in [5.74, 6) is 0. The van der Waals surface area contributed by atoms with Gasteiger partial charge in [0.05, 0.1) is 12.6 Å². The Hall–Kier alpha value is -1.59. The van der Waals surface area contributed by atoms with E-state index in [9.17, 15) is 9.90 Å². The van der Waals surface area contributed by atoms with Gasteiger partial charge in [-0.25, -0.2) is 4.79 Å². The third-order valence-electron chi connectivity index (χ3n) is 4.35. The molecule has 2 N–H and O–H groups in total. The normalized spacial score (nSPS) is 29.1. The number of ether oxygens (including phenoxy) is 1. The summed E-state index contributed by atoms with van der Waals surface area (Å²) in [5.41, 5.74) is 0.795. The van der Waals surface area contributed by atoms with Gasteiger partial charge in [0.1, 0.15) is 6.61 Å². The second-order valence-electron chi connectivity index (χ2n) is 5.73. The van der Waals surface area contributed by atoms with E-state index in [0.717, 1.165) is 25.1 Å². The van der Waals surface area contributed by atoms with Crippen LogP contribution in [0.15, 0.2) is 30.3 Å². The van der Waals surface area contributed by atoms with Gasteiger partial charge in [-0.15, -0.1) is 0 Å². The summed E-state index contributed by atoms with van der Waals surface area (Å²) in [4.78, 5) is 13.7. The van der Waals surface area contributed by atoms with Crippen molar-refractivity contribution in [1.29, 1.82) is 0 Å². The average Bonchev–Trinajstić information content (AvgIpc) is 3.07. The largest absolute Gasteiger partial charge is 0.445 e. The summed E-state index contributed by atoms with van der Waals surface area (Å²) in [6.45, 7) is 2.90. The molecule has 2 aliphatic heterocycles. The van der Waals surface area contributed by atoms with Crippen LogP contribution in [-0.4, -0.2) is 48.4 Å². The summed E-state index contributed by atoms with van der Waals surface area (Å²) in [7, 11) is 0. The van der Waals surface area contributed by atoms with Crippen molar-refractivity contribution in [2.75, 3.05) is 26.2 Å². The van der Waals surface area contributed by atoms with Gasteiger partial charge in [0, 0.05) is 18.5 Å². The Bertz CT molecular complexity index is 471. The van der Waals surface area contributed by atoms with Gasteiger partial charge in [-0.1, -0.05) is 30.3 Å². The summed E-state index contributed by atoms with van der Waals surface area (Å²) >= 11 is 0. The summed E-state index contributed by atoms with van der Waals surface area (Å²) in [6.07, 6.45) is 0.120. The number of amides is 1. The van der Waals surface area contributed by atoms with Crippen LogP contribution >= 0.6 is 0 Å². The number of aliphatic hydroxyl groups excluding tert-OH is 1. The molecule has 1 aromatic carbocycles. The van der Waals surface area contributed by atoms with Gasteiger partial charge in [0.15, 0.2) is 0 Å². The van der Waals surface area contributed by atoms with Crippen molar-refractivity contribution < 1.29 is 14.6 Å². The molecule has 5 heteroatoms. The van der Waals surface area contributed by atoms with Gasteiger partial charge in [0.2, 0.25) is 0 Å². The molecular weight excluding hydrogens is 256 g/mol. The second-order valence-corrected chi connectivity index (χ2v) is 5.73. The number of benzene rings is 1. The number of nitrogens with one attached hydrogen (secondary N) is 1. The molecule has 2 unspecified atom stereocenters. The van der Waals surface area contributed by atoms with Crippen molar-refractivity contribution in [1.82, 2.24) is 10.2 Å². The van der Waals surface area contributed by atoms with Crippen LogP contribution in [0.5, 0.6) is 0 Å². The molecule has 2 aliphatic rings. The van der Waals surface area contributed by atoms with E-state index in [1.54, 1.807) is 4.90 Å². The first-order chi connectivity index (χ1) is 9.70. The molecule has 2 fully saturated rings. The number of nitrogens with zero attached hydrogens (tertiary/aromatic N) is 1. The molecule has 3 rings (SSSR count). The van der Waals surface area contributed by atoms with Crippen LogP contribution in [-0.2, 0) is 11.3 Å². The lowest BCUT2D eigenvalue weighted by atomic mass is 9.84. The number of hydrogen-bond acceptors (Lipinski definition) is 4. The minimum atomic E-state index is -0.457. The van der Waals surface area contributed by atoms with E-state index in [1.165, 1.54) is 0 Å². The lowest BCUT2D eigenvalue weighted by Gasteiger charge is -2.24. The Kier molecular flexibility index (Phi) is 3.63. The van der Waals surface area contributed by atoms with E-state index in [0.29, 0.717) is 13.1 Å². The van der Waals surface area contributed by atoms with E-state index in [4.69, 9.17) is 4.74 Å². The predicted octanol–water partition coefficient (Wildman–Crippen LogP) is 0.979. The molecule has 0 bridgehead atoms. The Morgan fingerprint density at radius 1 is 1.45 bits per heavy atom. The highest BCUT2D eigenvalue weighted by Crippen LogP contribution is 2.36. The zero-order valence-corrected chi connectivity index (χ0v) is 11.4. The molecule has 5 nitrogen and oxygen atoms in total. The van der Waals surface area contributed by atoms with Crippen LogP contribution in [0.3, 0.4) is 0 Å². The standard InChI is InChI=1S/C15H20N2O3/c18-13-8-17(11-15(13)6-7-16-10-15)14(19)20-9-12-4-2-1-3-5-12/h1-5,13,16,18H,6-11H2. The predicted molar refractivity (Wildman–Crippen MR) is 74.1 cm³/mol. The molecule has 0 aromatic heterocycles. The summed E-state index contributed by atoms with van der Waals surface area (Å²) < 4.78 is 5.32. The third-order valence-corrected chi connectivity index (χ3v) is 4.35. The monoisotopic (exact) mass is 276 g/mol. The molecule has 1 amide bonds. The maximum Gasteiger partial charge on any atom is 0.410 e. The fraction of sp³-hybridized carbons (Fsp3) is 0.533. The van der Waals surface area contributed by atoms with Crippen molar-refractivity contribution >= 4 is 6.09 Å². The molecular formula is C15H20N2O3. The molecule has 2 saturated heterocycles. The molecule has 0 aliphatic carbocycles. The fourth-order valence-electron chi connectivity index (χ4n) is 3.08. The Morgan fingerprint density at radius 2 is 2.25 bits per heavy atom. The molecule has 2 atom stereocenters. The quantitative estimate of drug-likeness (QED) is 0.845. The maximum absolute atomic E-state index is 12.1. The molecule has 20 heavy (non-hydrogen) atoms. The molecule has 1 spiro atoms. The third kappa shape index (κ3) is 2.51. The van der Waals surface area contributed by atoms with Crippen LogP contribution in [0.25, 0.3) is 0 Å². The highest BCUT2D eigenvalue weighted by Gasteiger charge is 2.49. The first-order valence-electron chi connectivity index (χ1n) is 7.04. The summed E-state index contributed by atoms with van der Waals surface area (Å²) in [5, 5.41) is 13.5. The molecule has 1 aromatic rings. The molecule has 2 heterocycles. The van der Waals surface area contributed by atoms with E-state index in [-0.39, 0.29) is 18.1 Å². The van der Waals surface area contributed by atoms with Crippen molar-refractivity contribution in [2.24, 2.45) is 5.41 Å². The minimum Gasteiger partial charge on any atom is -0.445 e. The Balaban J connectivity index is 1.56. The topological polar surface area (TPSA) is 61.8 Å². The highest BCUT2D eigenvalue weighted by molar-refractivity contribution is 5.68. The van der Waals surface area contributed by atoms with Crippen molar-refractivity contribution in [3.05, 3.63) is 35.9 Å². The first-order valence-corrected chi connectivity index (χ1v) is 7.04. The zero-order chi connectivity index (χ0) is 14.0. The first kappa shape index (κ1) is 13.4. The van der Waals surface area contributed by atoms with Crippen LogP contribution in [0.2, 0.25) is 0 Å². The van der Waals surface area contributed by atoms with Crippen molar-refractivity contribution in [3.63, 3.8) is 0 Å². The van der Waals surface area contributed by atoms with Crippen molar-refractivity contribution in [2.45, 2.75) is 19.1 Å². The van der Waals surface area contributed by atoms with Gasteiger partial charge in [-0.05, 0) is 18.5 Å². The number of carbonyl (C=O) groups excluding carboxylic acids is 1. The van der Waals surface area contributed by atoms with Crippen molar-refractivity contribution in [3.8, 4) is 0 Å². The zero-order valence-electron chi connectivity index (χ0n) is 11.4. The van der Waals surface area contributed by atoms with E-state index >= 15 is 0 Å². The number of rotatable bonds is 2. The van der Waals surface area contributed by atoms with E-state index in [1.807, 2.05) is 30.3 Å². The second kappa shape index (κ2) is 5.42. The Morgan fingerprint density at radius 3 is 2.95 bits per heavy atom. The number of likely N-dealkylation sites (tertiary alicyclic amines) is 1. The van der Waals surface area contributed by atoms with Crippen LogP contribution in [0.4, 0.5) is 4.79 Å². The van der Waals surface area contributed by atoms with Crippen LogP contribution in [0, 0.1) is 5.41 Å². The smallest absolute Gasteiger partial charge is 0.410 e. The van der Waals surface area contributed by atoms with Gasteiger partial charge in [0.25, 0.3) is 0 Å². The molecule has 0 radical (unpaired) electrons. The minimum absolute atomic E-state index is 0.175. The van der Waals surface area contributed by atoms with Crippen LogP contribution < -0.4 is 5.32 Å². The fourth-order valence-corrected chi connectivity index (χ4v) is 3.08. The molecule has 108 valence electrons. The van der Waals surface area contributed by atoms with E-state index in [2.05, 4.69) is 5.32 Å². The van der Waals surface area contributed by atoms with Gasteiger partial charge >= 0.3 is 6.09 Å². The number of β-amino-alcohol motifs (C(OH)–C–C–N with tert-alkyl or cyclic N) is 1. The SMILES string of the molecule is O=C(OCc1ccccc1)N1CC(O)C2(CCNC2)C1. The average molecular weight is 276 g/mol. The number of aliphatic hydroxyl groups is 1. The maximum atomic E-state index is 12.1. The van der Waals surface area contributed by atoms with Gasteiger partial charge < -0.3 is 20.1 Å². The number of hydrogen-bond donors (Lipinski definition) is 2. The highest BCUT2D eigenvalue weighted by atomic mass is 16.6. The lowest BCUT2D eigenvalue weighted by Crippen LogP contribution is -2.36. The lowest BCUT2D eigenvalue weighted by molar-refractivity contribution is 0.0825. The van der Waals surface area contributed by atoms with Gasteiger partial charge in [-0.3, -0.25) is 0 Å². The number of carbonyl (C=O) groups is 1.